The SMILES string of the molecule is c1cc(-c2c3ccccc3c(-c3ccc(-c4ccc5oc6c7ccccc7ccc6c5c4)cc3)c3ccccc23)cc(-c2cc3ccccc3c3ccccc23)c1. The first-order valence-electron chi connectivity index (χ1n) is 19.7. The molecule has 1 heterocycles. The van der Waals surface area contributed by atoms with E-state index in [1.54, 1.807) is 0 Å². The number of benzene rings is 11. The molecule has 1 aromatic heterocycles. The largest absolute Gasteiger partial charge is 0.455 e. The van der Waals surface area contributed by atoms with Gasteiger partial charge < -0.3 is 4.42 Å². The van der Waals surface area contributed by atoms with E-state index in [9.17, 15) is 0 Å². The highest BCUT2D eigenvalue weighted by atomic mass is 16.3. The van der Waals surface area contributed by atoms with Crippen molar-refractivity contribution < 1.29 is 4.42 Å². The van der Waals surface area contributed by atoms with Gasteiger partial charge in [-0.05, 0) is 123 Å². The van der Waals surface area contributed by atoms with Crippen molar-refractivity contribution in [2.45, 2.75) is 0 Å². The average Bonchev–Trinajstić information content (AvgIpc) is 3.67. The molecule has 0 amide bonds. The molecule has 0 saturated carbocycles. The van der Waals surface area contributed by atoms with Crippen molar-refractivity contribution in [3.63, 3.8) is 0 Å². The van der Waals surface area contributed by atoms with Crippen molar-refractivity contribution in [2.24, 2.45) is 0 Å². The van der Waals surface area contributed by atoms with E-state index in [4.69, 9.17) is 4.42 Å². The van der Waals surface area contributed by atoms with Crippen LogP contribution in [0.5, 0.6) is 0 Å². The van der Waals surface area contributed by atoms with Gasteiger partial charge >= 0.3 is 0 Å². The van der Waals surface area contributed by atoms with Crippen LogP contribution in [0.1, 0.15) is 0 Å². The van der Waals surface area contributed by atoms with Crippen molar-refractivity contribution in [1.82, 2.24) is 0 Å². The number of furan rings is 1. The molecular weight excluding hydrogens is 689 g/mol. The summed E-state index contributed by atoms with van der Waals surface area (Å²) in [4.78, 5) is 0. The smallest absolute Gasteiger partial charge is 0.143 e. The van der Waals surface area contributed by atoms with Crippen LogP contribution in [-0.4, -0.2) is 0 Å². The molecule has 0 aliphatic rings. The molecular formula is C56H34O. The summed E-state index contributed by atoms with van der Waals surface area (Å²) in [6.45, 7) is 0. The Morgan fingerprint density at radius 1 is 0.246 bits per heavy atom. The monoisotopic (exact) mass is 722 g/mol. The molecule has 1 nitrogen and oxygen atoms in total. The summed E-state index contributed by atoms with van der Waals surface area (Å²) in [6.07, 6.45) is 0. The molecule has 57 heavy (non-hydrogen) atoms. The molecule has 12 aromatic rings. The van der Waals surface area contributed by atoms with Crippen LogP contribution in [0.4, 0.5) is 0 Å². The Labute approximate surface area is 329 Å². The summed E-state index contributed by atoms with van der Waals surface area (Å²) in [5.74, 6) is 0. The topological polar surface area (TPSA) is 13.1 Å². The zero-order chi connectivity index (χ0) is 37.5. The Balaban J connectivity index is 0.995. The third-order valence-corrected chi connectivity index (χ3v) is 12.0. The van der Waals surface area contributed by atoms with Crippen molar-refractivity contribution in [3.05, 3.63) is 206 Å². The second-order valence-corrected chi connectivity index (χ2v) is 15.2. The first-order valence-corrected chi connectivity index (χ1v) is 19.7. The summed E-state index contributed by atoms with van der Waals surface area (Å²) in [5.41, 5.74) is 11.6. The van der Waals surface area contributed by atoms with E-state index in [-0.39, 0.29) is 0 Å². The molecule has 0 atom stereocenters. The quantitative estimate of drug-likeness (QED) is 0.130. The lowest BCUT2D eigenvalue weighted by molar-refractivity contribution is 0.672. The van der Waals surface area contributed by atoms with Crippen molar-refractivity contribution in [1.29, 1.82) is 0 Å². The van der Waals surface area contributed by atoms with Crippen LogP contribution in [0.3, 0.4) is 0 Å². The van der Waals surface area contributed by atoms with Crippen LogP contribution in [0.25, 0.3) is 120 Å². The Morgan fingerprint density at radius 3 is 1.51 bits per heavy atom. The molecule has 12 rings (SSSR count). The third kappa shape index (κ3) is 4.96. The summed E-state index contributed by atoms with van der Waals surface area (Å²) in [5, 5.41) is 14.7. The Hall–Kier alpha value is -7.48. The standard InChI is InChI=1S/C56H34O/c1-4-17-43-36(12-1)28-30-50-52-33-38(29-31-53(52)57-56(43)50)35-24-26-37(27-25-35)54-46-20-7-9-22-48(46)55(49-23-10-8-21-47(49)54)41-15-11-14-39(32-41)51-34-40-13-2-3-16-42(40)44-18-5-6-19-45(44)51/h1-34H. The maximum absolute atomic E-state index is 6.42. The van der Waals surface area contributed by atoms with Crippen LogP contribution in [-0.2, 0) is 0 Å². The fraction of sp³-hybridized carbons (Fsp3) is 0. The Kier molecular flexibility index (Phi) is 7.00. The summed E-state index contributed by atoms with van der Waals surface area (Å²) < 4.78 is 6.42. The molecule has 264 valence electrons. The minimum atomic E-state index is 0.913. The normalized spacial score (nSPS) is 11.9. The lowest BCUT2D eigenvalue weighted by atomic mass is 9.85. The van der Waals surface area contributed by atoms with Gasteiger partial charge in [0, 0.05) is 16.2 Å². The van der Waals surface area contributed by atoms with E-state index in [1.165, 1.54) is 93.0 Å². The number of rotatable bonds is 4. The summed E-state index contributed by atoms with van der Waals surface area (Å²) in [6, 6.07) is 75.4. The highest BCUT2D eigenvalue weighted by Crippen LogP contribution is 2.45. The van der Waals surface area contributed by atoms with E-state index in [1.807, 2.05) is 0 Å². The Bertz CT molecular complexity index is 3510. The lowest BCUT2D eigenvalue weighted by Gasteiger charge is -2.19. The molecule has 0 aliphatic heterocycles. The highest BCUT2D eigenvalue weighted by Gasteiger charge is 2.18. The minimum Gasteiger partial charge on any atom is -0.455 e. The maximum Gasteiger partial charge on any atom is 0.143 e. The second-order valence-electron chi connectivity index (χ2n) is 15.2. The van der Waals surface area contributed by atoms with E-state index in [0.29, 0.717) is 0 Å². The van der Waals surface area contributed by atoms with E-state index in [2.05, 4.69) is 206 Å². The first kappa shape index (κ1) is 31.8. The zero-order valence-electron chi connectivity index (χ0n) is 31.0. The second kappa shape index (κ2) is 12.5. The molecule has 0 bridgehead atoms. The molecule has 0 N–H and O–H groups in total. The molecule has 1 heteroatoms. The zero-order valence-corrected chi connectivity index (χ0v) is 31.0. The van der Waals surface area contributed by atoms with Gasteiger partial charge in [-0.2, -0.15) is 0 Å². The number of hydrogen-bond donors (Lipinski definition) is 0. The van der Waals surface area contributed by atoms with Crippen LogP contribution in [0.15, 0.2) is 211 Å². The predicted octanol–water partition coefficient (Wildman–Crippen LogP) is 16.0. The first-order chi connectivity index (χ1) is 28.3. The molecule has 0 aliphatic carbocycles. The van der Waals surface area contributed by atoms with Gasteiger partial charge in [-0.3, -0.25) is 0 Å². The lowest BCUT2D eigenvalue weighted by Crippen LogP contribution is -1.91. The van der Waals surface area contributed by atoms with Crippen molar-refractivity contribution >= 4 is 75.8 Å². The minimum absolute atomic E-state index is 0.913. The Morgan fingerprint density at radius 2 is 0.789 bits per heavy atom. The van der Waals surface area contributed by atoms with Crippen molar-refractivity contribution in [3.8, 4) is 44.5 Å². The van der Waals surface area contributed by atoms with E-state index < -0.39 is 0 Å². The van der Waals surface area contributed by atoms with Crippen LogP contribution in [0.2, 0.25) is 0 Å². The molecule has 0 saturated heterocycles. The molecule has 0 fully saturated rings. The van der Waals surface area contributed by atoms with Crippen LogP contribution >= 0.6 is 0 Å². The van der Waals surface area contributed by atoms with Gasteiger partial charge in [0.05, 0.1) is 0 Å². The molecule has 0 radical (unpaired) electrons. The number of hydrogen-bond acceptors (Lipinski definition) is 1. The summed E-state index contributed by atoms with van der Waals surface area (Å²) >= 11 is 0. The number of fused-ring (bicyclic) bond motifs is 10. The fourth-order valence-electron chi connectivity index (χ4n) is 9.40. The third-order valence-electron chi connectivity index (χ3n) is 12.0. The van der Waals surface area contributed by atoms with Gasteiger partial charge in [0.2, 0.25) is 0 Å². The molecule has 0 unspecified atom stereocenters. The maximum atomic E-state index is 6.42. The van der Waals surface area contributed by atoms with E-state index >= 15 is 0 Å². The van der Waals surface area contributed by atoms with Gasteiger partial charge in [-0.25, -0.2) is 0 Å². The van der Waals surface area contributed by atoms with Gasteiger partial charge in [-0.15, -0.1) is 0 Å². The van der Waals surface area contributed by atoms with Gasteiger partial charge in [0.25, 0.3) is 0 Å². The highest BCUT2D eigenvalue weighted by molar-refractivity contribution is 6.22. The molecule has 11 aromatic carbocycles. The summed E-state index contributed by atoms with van der Waals surface area (Å²) in [7, 11) is 0. The fourth-order valence-corrected chi connectivity index (χ4v) is 9.40. The average molecular weight is 723 g/mol. The van der Waals surface area contributed by atoms with Gasteiger partial charge in [0.1, 0.15) is 11.2 Å². The predicted molar refractivity (Wildman–Crippen MR) is 243 cm³/mol. The van der Waals surface area contributed by atoms with Crippen LogP contribution < -0.4 is 0 Å². The van der Waals surface area contributed by atoms with Gasteiger partial charge in [-0.1, -0.05) is 176 Å². The van der Waals surface area contributed by atoms with Crippen LogP contribution in [0, 0.1) is 0 Å². The molecule has 0 spiro atoms. The van der Waals surface area contributed by atoms with E-state index in [0.717, 1.165) is 27.3 Å². The van der Waals surface area contributed by atoms with Crippen molar-refractivity contribution in [2.75, 3.05) is 0 Å². The van der Waals surface area contributed by atoms with Gasteiger partial charge in [0.15, 0.2) is 0 Å².